The Morgan fingerprint density at radius 3 is 1.77 bits per heavy atom. The van der Waals surface area contributed by atoms with Crippen molar-refractivity contribution in [2.24, 2.45) is 22.7 Å². The van der Waals surface area contributed by atoms with E-state index in [1.54, 1.807) is 0 Å². The molecule has 166 valence electrons. The van der Waals surface area contributed by atoms with Crippen molar-refractivity contribution in [2.45, 2.75) is 91.9 Å². The van der Waals surface area contributed by atoms with Gasteiger partial charge in [-0.1, -0.05) is 47.6 Å². The van der Waals surface area contributed by atoms with Gasteiger partial charge in [-0.15, -0.1) is 0 Å². The predicted molar refractivity (Wildman–Crippen MR) is 119 cm³/mol. The van der Waals surface area contributed by atoms with E-state index in [0.717, 1.165) is 43.2 Å². The summed E-state index contributed by atoms with van der Waals surface area (Å²) in [6.45, 7) is 13.6. The SMILES string of the molecule is CC1CC(c2ccc(C(=O)O)c(C(=O)O)c2C2CC(C)CC(C)(C)C2)CC(C)(C)C1. The van der Waals surface area contributed by atoms with E-state index in [9.17, 15) is 19.8 Å². The maximum atomic E-state index is 12.4. The van der Waals surface area contributed by atoms with Gasteiger partial charge in [-0.3, -0.25) is 0 Å². The average Bonchev–Trinajstić information content (AvgIpc) is 2.56. The predicted octanol–water partition coefficient (Wildman–Crippen LogP) is 6.94. The minimum atomic E-state index is -1.15. The Morgan fingerprint density at radius 2 is 1.30 bits per heavy atom. The van der Waals surface area contributed by atoms with E-state index >= 15 is 0 Å². The fourth-order valence-corrected chi connectivity index (χ4v) is 6.99. The second-order valence-electron chi connectivity index (χ2n) is 11.8. The second kappa shape index (κ2) is 8.01. The highest BCUT2D eigenvalue weighted by molar-refractivity contribution is 6.03. The molecule has 3 rings (SSSR count). The molecule has 0 radical (unpaired) electrons. The van der Waals surface area contributed by atoms with E-state index < -0.39 is 11.9 Å². The first-order chi connectivity index (χ1) is 13.8. The molecule has 2 saturated carbocycles. The third-order valence-corrected chi connectivity index (χ3v) is 7.35. The van der Waals surface area contributed by atoms with Crippen LogP contribution in [0, 0.1) is 22.7 Å². The molecule has 0 aliphatic heterocycles. The summed E-state index contributed by atoms with van der Waals surface area (Å²) in [4.78, 5) is 24.3. The largest absolute Gasteiger partial charge is 0.478 e. The third kappa shape index (κ3) is 4.73. The smallest absolute Gasteiger partial charge is 0.336 e. The van der Waals surface area contributed by atoms with Gasteiger partial charge >= 0.3 is 11.9 Å². The Bertz CT molecular complexity index is 836. The molecular weight excluding hydrogens is 376 g/mol. The van der Waals surface area contributed by atoms with Crippen LogP contribution < -0.4 is 0 Å². The lowest BCUT2D eigenvalue weighted by atomic mass is 9.61. The molecule has 4 nitrogen and oxygen atoms in total. The fraction of sp³-hybridized carbons (Fsp3) is 0.692. The first kappa shape index (κ1) is 22.8. The monoisotopic (exact) mass is 414 g/mol. The van der Waals surface area contributed by atoms with E-state index in [1.807, 2.05) is 6.07 Å². The van der Waals surface area contributed by atoms with E-state index in [0.29, 0.717) is 11.8 Å². The molecule has 0 aromatic heterocycles. The number of carboxylic acids is 2. The number of hydrogen-bond acceptors (Lipinski definition) is 2. The lowest BCUT2D eigenvalue weighted by molar-refractivity contribution is 0.0648. The summed E-state index contributed by atoms with van der Waals surface area (Å²) in [5.41, 5.74) is 2.19. The van der Waals surface area contributed by atoms with Crippen LogP contribution in [-0.2, 0) is 0 Å². The van der Waals surface area contributed by atoms with Gasteiger partial charge in [-0.2, -0.15) is 0 Å². The van der Waals surface area contributed by atoms with Crippen LogP contribution in [-0.4, -0.2) is 22.2 Å². The molecule has 2 fully saturated rings. The van der Waals surface area contributed by atoms with Crippen LogP contribution in [0.25, 0.3) is 0 Å². The maximum absolute atomic E-state index is 12.4. The van der Waals surface area contributed by atoms with E-state index in [2.05, 4.69) is 41.5 Å². The quantitative estimate of drug-likeness (QED) is 0.559. The number of aromatic carboxylic acids is 2. The Balaban J connectivity index is 2.21. The van der Waals surface area contributed by atoms with Gasteiger partial charge in [0.25, 0.3) is 0 Å². The molecule has 30 heavy (non-hydrogen) atoms. The first-order valence-corrected chi connectivity index (χ1v) is 11.4. The Kier molecular flexibility index (Phi) is 6.10. The van der Waals surface area contributed by atoms with E-state index in [-0.39, 0.29) is 33.8 Å². The molecule has 2 aliphatic rings. The summed E-state index contributed by atoms with van der Waals surface area (Å²) in [6.07, 6.45) is 6.17. The topological polar surface area (TPSA) is 74.6 Å². The molecule has 4 heteroatoms. The van der Waals surface area contributed by atoms with Crippen molar-refractivity contribution < 1.29 is 19.8 Å². The van der Waals surface area contributed by atoms with Crippen molar-refractivity contribution in [1.82, 2.24) is 0 Å². The van der Waals surface area contributed by atoms with Gasteiger partial charge < -0.3 is 10.2 Å². The standard InChI is InChI=1S/C26H38O4/c1-15-9-17(13-25(3,4)11-15)19-7-8-20(23(27)28)22(24(29)30)21(19)18-10-16(2)12-26(5,6)14-18/h7-8,15-18H,9-14H2,1-6H3,(H,27,28)(H,29,30). The zero-order chi connectivity index (χ0) is 22.4. The molecule has 0 amide bonds. The van der Waals surface area contributed by atoms with Gasteiger partial charge in [0.2, 0.25) is 0 Å². The van der Waals surface area contributed by atoms with Gasteiger partial charge in [0.1, 0.15) is 0 Å². The highest BCUT2D eigenvalue weighted by atomic mass is 16.4. The number of carboxylic acid groups (broad SMARTS) is 2. The van der Waals surface area contributed by atoms with Gasteiger partial charge in [-0.05, 0) is 90.2 Å². The van der Waals surface area contributed by atoms with Crippen LogP contribution in [0.5, 0.6) is 0 Å². The van der Waals surface area contributed by atoms with Crippen LogP contribution in [0.3, 0.4) is 0 Å². The first-order valence-electron chi connectivity index (χ1n) is 11.4. The molecule has 0 saturated heterocycles. The lowest BCUT2D eigenvalue weighted by Crippen LogP contribution is -2.31. The van der Waals surface area contributed by atoms with Crippen LogP contribution in [0.1, 0.15) is 124 Å². The summed E-state index contributed by atoms with van der Waals surface area (Å²) in [5, 5.41) is 19.9. The van der Waals surface area contributed by atoms with Crippen molar-refractivity contribution in [3.05, 3.63) is 34.4 Å². The normalized spacial score (nSPS) is 30.6. The zero-order valence-corrected chi connectivity index (χ0v) is 19.4. The van der Waals surface area contributed by atoms with E-state index in [1.165, 1.54) is 12.5 Å². The van der Waals surface area contributed by atoms with Gasteiger partial charge in [0.05, 0.1) is 11.1 Å². The molecule has 1 aromatic rings. The number of benzene rings is 1. The minimum Gasteiger partial charge on any atom is -0.478 e. The molecule has 0 spiro atoms. The summed E-state index contributed by atoms with van der Waals surface area (Å²) in [7, 11) is 0. The molecular formula is C26H38O4. The molecule has 4 unspecified atom stereocenters. The summed E-state index contributed by atoms with van der Waals surface area (Å²) >= 11 is 0. The van der Waals surface area contributed by atoms with Crippen LogP contribution in [0.4, 0.5) is 0 Å². The van der Waals surface area contributed by atoms with Crippen molar-refractivity contribution in [3.8, 4) is 0 Å². The number of hydrogen-bond donors (Lipinski definition) is 2. The number of rotatable bonds is 4. The van der Waals surface area contributed by atoms with Crippen molar-refractivity contribution in [3.63, 3.8) is 0 Å². The Labute approximate surface area is 181 Å². The molecule has 2 N–H and O–H groups in total. The molecule has 0 heterocycles. The zero-order valence-electron chi connectivity index (χ0n) is 19.4. The summed E-state index contributed by atoms with van der Waals surface area (Å²) in [5.74, 6) is -0.835. The molecule has 0 bridgehead atoms. The van der Waals surface area contributed by atoms with Crippen molar-refractivity contribution >= 4 is 11.9 Å². The fourth-order valence-electron chi connectivity index (χ4n) is 6.99. The molecule has 4 atom stereocenters. The molecule has 2 aliphatic carbocycles. The number of carbonyl (C=O) groups is 2. The van der Waals surface area contributed by atoms with Crippen molar-refractivity contribution in [2.75, 3.05) is 0 Å². The summed E-state index contributed by atoms with van der Waals surface area (Å²) in [6, 6.07) is 3.48. The van der Waals surface area contributed by atoms with Crippen LogP contribution in [0.2, 0.25) is 0 Å². The van der Waals surface area contributed by atoms with Gasteiger partial charge in [0.15, 0.2) is 0 Å². The minimum absolute atomic E-state index is 0.0333. The highest BCUT2D eigenvalue weighted by Crippen LogP contribution is 2.52. The maximum Gasteiger partial charge on any atom is 0.336 e. The highest BCUT2D eigenvalue weighted by Gasteiger charge is 2.40. The molecule has 1 aromatic carbocycles. The average molecular weight is 415 g/mol. The van der Waals surface area contributed by atoms with Crippen molar-refractivity contribution in [1.29, 1.82) is 0 Å². The second-order valence-corrected chi connectivity index (χ2v) is 11.8. The van der Waals surface area contributed by atoms with Gasteiger partial charge in [-0.25, -0.2) is 9.59 Å². The van der Waals surface area contributed by atoms with Crippen LogP contribution >= 0.6 is 0 Å². The van der Waals surface area contributed by atoms with E-state index in [4.69, 9.17) is 0 Å². The Morgan fingerprint density at radius 1 is 0.800 bits per heavy atom. The Hall–Kier alpha value is -1.84. The lowest BCUT2D eigenvalue weighted by Gasteiger charge is -2.43. The van der Waals surface area contributed by atoms with Crippen LogP contribution in [0.15, 0.2) is 12.1 Å². The van der Waals surface area contributed by atoms with Gasteiger partial charge in [0, 0.05) is 0 Å². The summed E-state index contributed by atoms with van der Waals surface area (Å²) < 4.78 is 0. The third-order valence-electron chi connectivity index (χ3n) is 7.35.